The third-order valence-corrected chi connectivity index (χ3v) is 4.06. The summed E-state index contributed by atoms with van der Waals surface area (Å²) >= 11 is 9.09. The predicted molar refractivity (Wildman–Crippen MR) is 98.3 cm³/mol. The van der Waals surface area contributed by atoms with Crippen LogP contribution < -0.4 is 10.7 Å². The first-order valence-electron chi connectivity index (χ1n) is 7.11. The van der Waals surface area contributed by atoms with Crippen LogP contribution in [0.1, 0.15) is 22.8 Å². The van der Waals surface area contributed by atoms with Gasteiger partial charge in [-0.25, -0.2) is 5.43 Å². The summed E-state index contributed by atoms with van der Waals surface area (Å²) in [6.45, 7) is 1.59. The minimum absolute atomic E-state index is 0.341. The van der Waals surface area contributed by atoms with Gasteiger partial charge in [0.25, 0.3) is 11.8 Å². The number of amides is 2. The number of nitrogens with zero attached hydrogens (tertiary/aromatic N) is 1. The Kier molecular flexibility index (Phi) is 6.52. The van der Waals surface area contributed by atoms with E-state index in [0.29, 0.717) is 15.1 Å². The lowest BCUT2D eigenvalue weighted by Gasteiger charge is -2.12. The Morgan fingerprint density at radius 3 is 2.50 bits per heavy atom. The summed E-state index contributed by atoms with van der Waals surface area (Å²) in [6, 6.07) is 13.3. The van der Waals surface area contributed by atoms with Crippen LogP contribution in [0.15, 0.2) is 58.1 Å². The Morgan fingerprint density at radius 1 is 1.17 bits per heavy atom. The van der Waals surface area contributed by atoms with Crippen molar-refractivity contribution in [1.29, 1.82) is 0 Å². The van der Waals surface area contributed by atoms with E-state index in [1.807, 2.05) is 6.07 Å². The van der Waals surface area contributed by atoms with Crippen LogP contribution in [0.4, 0.5) is 0 Å². The molecule has 0 aromatic heterocycles. The Labute approximate surface area is 153 Å². The van der Waals surface area contributed by atoms with Crippen molar-refractivity contribution in [1.82, 2.24) is 10.7 Å². The predicted octanol–water partition coefficient (Wildman–Crippen LogP) is 3.37. The molecule has 2 N–H and O–H groups in total. The van der Waals surface area contributed by atoms with Gasteiger partial charge in [-0.05, 0) is 52.7 Å². The van der Waals surface area contributed by atoms with Gasteiger partial charge in [0.05, 0.1) is 11.8 Å². The van der Waals surface area contributed by atoms with Gasteiger partial charge in [0.2, 0.25) is 0 Å². The molecule has 0 fully saturated rings. The number of hydrazone groups is 1. The van der Waals surface area contributed by atoms with E-state index in [1.165, 1.54) is 6.21 Å². The van der Waals surface area contributed by atoms with E-state index in [-0.39, 0.29) is 5.91 Å². The summed E-state index contributed by atoms with van der Waals surface area (Å²) in [7, 11) is 0. The van der Waals surface area contributed by atoms with E-state index in [1.54, 1.807) is 49.4 Å². The number of rotatable bonds is 5. The fourth-order valence-corrected chi connectivity index (χ4v) is 2.39. The Balaban J connectivity index is 1.89. The maximum absolute atomic E-state index is 12.1. The van der Waals surface area contributed by atoms with E-state index in [9.17, 15) is 9.59 Å². The molecule has 0 bridgehead atoms. The van der Waals surface area contributed by atoms with Crippen molar-refractivity contribution in [3.05, 3.63) is 69.2 Å². The summed E-state index contributed by atoms with van der Waals surface area (Å²) < 4.78 is 0.663. The molecule has 7 heteroatoms. The van der Waals surface area contributed by atoms with Crippen LogP contribution in [0.2, 0.25) is 5.02 Å². The van der Waals surface area contributed by atoms with Gasteiger partial charge in [0.15, 0.2) is 0 Å². The second-order valence-electron chi connectivity index (χ2n) is 4.96. The number of carbonyl (C=O) groups excluding carboxylic acids is 2. The lowest BCUT2D eigenvalue weighted by Crippen LogP contribution is -2.43. The first kappa shape index (κ1) is 18.2. The van der Waals surface area contributed by atoms with Gasteiger partial charge in [-0.2, -0.15) is 5.10 Å². The van der Waals surface area contributed by atoms with E-state index in [2.05, 4.69) is 31.8 Å². The maximum Gasteiger partial charge on any atom is 0.262 e. The van der Waals surface area contributed by atoms with Crippen LogP contribution in [0.25, 0.3) is 0 Å². The first-order valence-corrected chi connectivity index (χ1v) is 8.28. The van der Waals surface area contributed by atoms with Crippen LogP contribution in [0.3, 0.4) is 0 Å². The molecule has 124 valence electrons. The van der Waals surface area contributed by atoms with Gasteiger partial charge in [0, 0.05) is 9.50 Å². The van der Waals surface area contributed by atoms with Crippen molar-refractivity contribution in [3.63, 3.8) is 0 Å². The molecule has 0 aliphatic rings. The third kappa shape index (κ3) is 5.18. The number of hydrogen-bond acceptors (Lipinski definition) is 3. The van der Waals surface area contributed by atoms with Gasteiger partial charge >= 0.3 is 0 Å². The average Bonchev–Trinajstić information content (AvgIpc) is 2.56. The molecule has 2 aromatic carbocycles. The van der Waals surface area contributed by atoms with Crippen molar-refractivity contribution >= 4 is 45.6 Å². The standard InChI is InChI=1S/C17H15BrClN3O2/c1-11(21-17(24)14-4-2-3-5-15(14)18)16(23)22-20-10-12-6-8-13(19)9-7-12/h2-11H,1H3,(H,21,24)(H,22,23). The molecule has 0 saturated heterocycles. The molecule has 2 rings (SSSR count). The van der Waals surface area contributed by atoms with Crippen LogP contribution in [-0.4, -0.2) is 24.1 Å². The van der Waals surface area contributed by atoms with Crippen LogP contribution in [0.5, 0.6) is 0 Å². The average molecular weight is 409 g/mol. The van der Waals surface area contributed by atoms with Crippen molar-refractivity contribution < 1.29 is 9.59 Å². The zero-order valence-electron chi connectivity index (χ0n) is 12.8. The van der Waals surface area contributed by atoms with Gasteiger partial charge in [-0.1, -0.05) is 35.9 Å². The number of benzene rings is 2. The van der Waals surface area contributed by atoms with Crippen molar-refractivity contribution in [2.24, 2.45) is 5.10 Å². The second-order valence-corrected chi connectivity index (χ2v) is 6.25. The maximum atomic E-state index is 12.1. The highest BCUT2D eigenvalue weighted by Crippen LogP contribution is 2.15. The summed E-state index contributed by atoms with van der Waals surface area (Å²) in [4.78, 5) is 24.1. The van der Waals surface area contributed by atoms with E-state index in [0.717, 1.165) is 5.56 Å². The summed E-state index contributed by atoms with van der Waals surface area (Å²) in [6.07, 6.45) is 1.50. The molecule has 0 heterocycles. The van der Waals surface area contributed by atoms with Gasteiger partial charge in [-0.15, -0.1) is 0 Å². The molecule has 0 saturated carbocycles. The lowest BCUT2D eigenvalue weighted by atomic mass is 10.2. The van der Waals surface area contributed by atoms with Crippen LogP contribution >= 0.6 is 27.5 Å². The molecule has 0 aliphatic heterocycles. The molecular weight excluding hydrogens is 394 g/mol. The second kappa shape index (κ2) is 8.61. The van der Waals surface area contributed by atoms with Gasteiger partial charge in [-0.3, -0.25) is 9.59 Å². The van der Waals surface area contributed by atoms with Crippen molar-refractivity contribution in [2.75, 3.05) is 0 Å². The summed E-state index contributed by atoms with van der Waals surface area (Å²) in [5.74, 6) is -0.757. The highest BCUT2D eigenvalue weighted by Gasteiger charge is 2.17. The molecule has 5 nitrogen and oxygen atoms in total. The Hall–Kier alpha value is -2.18. The normalized spacial score (nSPS) is 12.0. The minimum atomic E-state index is -0.730. The highest BCUT2D eigenvalue weighted by atomic mass is 79.9. The highest BCUT2D eigenvalue weighted by molar-refractivity contribution is 9.10. The molecule has 2 amide bonds. The molecule has 0 aliphatic carbocycles. The van der Waals surface area contributed by atoms with E-state index >= 15 is 0 Å². The fraction of sp³-hybridized carbons (Fsp3) is 0.118. The van der Waals surface area contributed by atoms with Crippen molar-refractivity contribution in [3.8, 4) is 0 Å². The number of carbonyl (C=O) groups is 2. The zero-order valence-corrected chi connectivity index (χ0v) is 15.1. The van der Waals surface area contributed by atoms with Crippen LogP contribution in [0, 0.1) is 0 Å². The van der Waals surface area contributed by atoms with Gasteiger partial charge in [0.1, 0.15) is 6.04 Å². The topological polar surface area (TPSA) is 70.6 Å². The SMILES string of the molecule is CC(NC(=O)c1ccccc1Br)C(=O)NN=Cc1ccc(Cl)cc1. The quantitative estimate of drug-likeness (QED) is 0.588. The molecular formula is C17H15BrClN3O2. The Morgan fingerprint density at radius 2 is 1.83 bits per heavy atom. The lowest BCUT2D eigenvalue weighted by molar-refractivity contribution is -0.122. The molecule has 1 atom stereocenters. The molecule has 1 unspecified atom stereocenters. The molecule has 2 aromatic rings. The smallest absolute Gasteiger partial charge is 0.262 e. The van der Waals surface area contributed by atoms with E-state index in [4.69, 9.17) is 11.6 Å². The zero-order chi connectivity index (χ0) is 17.5. The largest absolute Gasteiger partial charge is 0.340 e. The molecule has 0 spiro atoms. The fourth-order valence-electron chi connectivity index (χ4n) is 1.80. The number of hydrogen-bond donors (Lipinski definition) is 2. The monoisotopic (exact) mass is 407 g/mol. The number of nitrogens with one attached hydrogen (secondary N) is 2. The van der Waals surface area contributed by atoms with E-state index < -0.39 is 11.9 Å². The summed E-state index contributed by atoms with van der Waals surface area (Å²) in [5, 5.41) is 7.11. The minimum Gasteiger partial charge on any atom is -0.340 e. The molecule has 24 heavy (non-hydrogen) atoms. The van der Waals surface area contributed by atoms with Crippen molar-refractivity contribution in [2.45, 2.75) is 13.0 Å². The van der Waals surface area contributed by atoms with Gasteiger partial charge < -0.3 is 5.32 Å². The van der Waals surface area contributed by atoms with Crippen LogP contribution in [-0.2, 0) is 4.79 Å². The first-order chi connectivity index (χ1) is 11.5. The number of halogens is 2. The Bertz CT molecular complexity index is 763. The third-order valence-electron chi connectivity index (χ3n) is 3.12. The molecule has 0 radical (unpaired) electrons. The summed E-state index contributed by atoms with van der Waals surface area (Å²) in [5.41, 5.74) is 3.64.